The maximum Gasteiger partial charge on any atom is 0.0934 e. The van der Waals surface area contributed by atoms with Crippen LogP contribution in [0, 0.1) is 7.05 Å². The quantitative estimate of drug-likeness (QED) is 0.334. The zero-order valence-corrected chi connectivity index (χ0v) is 5.10. The van der Waals surface area contributed by atoms with Crippen LogP contribution in [0.3, 0.4) is 0 Å². The van der Waals surface area contributed by atoms with Crippen LogP contribution in [-0.4, -0.2) is 26.3 Å². The Hall–Kier alpha value is -0.120. The van der Waals surface area contributed by atoms with Gasteiger partial charge in [-0.25, -0.2) is 0 Å². The molecule has 4 N–H and O–H groups in total. The minimum Gasteiger partial charge on any atom is -0.477 e. The molecule has 0 aromatic rings. The number of quaternary nitrogens is 1. The van der Waals surface area contributed by atoms with E-state index in [1.54, 1.807) is 0 Å². The predicted molar refractivity (Wildman–Crippen MR) is 32.0 cm³/mol. The SMILES string of the molecule is [CH2-][NH2+]CCOCCN. The summed E-state index contributed by atoms with van der Waals surface area (Å²) in [6, 6.07) is 0. The van der Waals surface area contributed by atoms with E-state index in [1.165, 1.54) is 0 Å². The van der Waals surface area contributed by atoms with E-state index in [1.807, 2.05) is 5.32 Å². The first-order valence-corrected chi connectivity index (χ1v) is 2.80. The second-order valence-electron chi connectivity index (χ2n) is 1.48. The van der Waals surface area contributed by atoms with Gasteiger partial charge in [-0.2, -0.15) is 7.05 Å². The van der Waals surface area contributed by atoms with Crippen LogP contribution in [0.2, 0.25) is 0 Å². The number of ether oxygens (including phenoxy) is 1. The Kier molecular flexibility index (Phi) is 6.78. The Morgan fingerprint density at radius 2 is 2.25 bits per heavy atom. The van der Waals surface area contributed by atoms with E-state index < -0.39 is 0 Å². The Labute approximate surface area is 50.2 Å². The molecule has 3 nitrogen and oxygen atoms in total. The van der Waals surface area contributed by atoms with Gasteiger partial charge >= 0.3 is 0 Å². The molecule has 0 atom stereocenters. The largest absolute Gasteiger partial charge is 0.477 e. The average molecular weight is 118 g/mol. The van der Waals surface area contributed by atoms with Crippen molar-refractivity contribution >= 4 is 0 Å². The summed E-state index contributed by atoms with van der Waals surface area (Å²) >= 11 is 0. The van der Waals surface area contributed by atoms with E-state index in [0.29, 0.717) is 13.2 Å². The van der Waals surface area contributed by atoms with Crippen molar-refractivity contribution in [3.05, 3.63) is 7.05 Å². The van der Waals surface area contributed by atoms with Crippen molar-refractivity contribution in [1.82, 2.24) is 0 Å². The van der Waals surface area contributed by atoms with Crippen molar-refractivity contribution in [2.24, 2.45) is 5.73 Å². The van der Waals surface area contributed by atoms with Crippen molar-refractivity contribution in [3.8, 4) is 0 Å². The molecule has 0 rings (SSSR count). The van der Waals surface area contributed by atoms with Gasteiger partial charge in [0.05, 0.1) is 19.8 Å². The molecule has 0 bridgehead atoms. The maximum atomic E-state index is 5.16. The molecule has 0 saturated heterocycles. The van der Waals surface area contributed by atoms with Crippen LogP contribution in [0.25, 0.3) is 0 Å². The number of hydrogen-bond donors (Lipinski definition) is 2. The van der Waals surface area contributed by atoms with E-state index in [-0.39, 0.29) is 0 Å². The highest BCUT2D eigenvalue weighted by Crippen LogP contribution is 1.64. The molecule has 0 aromatic heterocycles. The minimum atomic E-state index is 0.608. The summed E-state index contributed by atoms with van der Waals surface area (Å²) in [6.07, 6.45) is 0. The highest BCUT2D eigenvalue weighted by atomic mass is 16.5. The van der Waals surface area contributed by atoms with Crippen molar-refractivity contribution in [3.63, 3.8) is 0 Å². The zero-order valence-electron chi connectivity index (χ0n) is 5.10. The summed E-state index contributed by atoms with van der Waals surface area (Å²) in [4.78, 5) is 0. The van der Waals surface area contributed by atoms with Crippen molar-refractivity contribution < 1.29 is 10.1 Å². The van der Waals surface area contributed by atoms with E-state index in [2.05, 4.69) is 7.05 Å². The molecule has 0 fully saturated rings. The van der Waals surface area contributed by atoms with Crippen LogP contribution in [-0.2, 0) is 4.74 Å². The van der Waals surface area contributed by atoms with E-state index in [9.17, 15) is 0 Å². The minimum absolute atomic E-state index is 0.608. The Morgan fingerprint density at radius 1 is 1.50 bits per heavy atom. The lowest BCUT2D eigenvalue weighted by Crippen LogP contribution is -2.78. The van der Waals surface area contributed by atoms with Crippen LogP contribution in [0.1, 0.15) is 0 Å². The summed E-state index contributed by atoms with van der Waals surface area (Å²) in [6.45, 7) is 2.94. The molecule has 3 heteroatoms. The van der Waals surface area contributed by atoms with Gasteiger partial charge in [-0.05, 0) is 0 Å². The highest BCUT2D eigenvalue weighted by Gasteiger charge is 1.81. The smallest absolute Gasteiger partial charge is 0.0934 e. The summed E-state index contributed by atoms with van der Waals surface area (Å²) in [5.41, 5.74) is 5.16. The molecule has 0 aliphatic carbocycles. The second-order valence-corrected chi connectivity index (χ2v) is 1.48. The fraction of sp³-hybridized carbons (Fsp3) is 0.800. The first-order chi connectivity index (χ1) is 3.91. The average Bonchev–Trinajstić information content (AvgIpc) is 1.81. The standard InChI is InChI=1S/C5H14N2O/c1-7-3-5-8-4-2-6/h1-7H2. The summed E-state index contributed by atoms with van der Waals surface area (Å²) in [7, 11) is 3.55. The van der Waals surface area contributed by atoms with Crippen LogP contribution < -0.4 is 11.1 Å². The molecule has 0 unspecified atom stereocenters. The molecule has 0 aliphatic heterocycles. The van der Waals surface area contributed by atoms with E-state index in [4.69, 9.17) is 10.5 Å². The zero-order chi connectivity index (χ0) is 6.24. The lowest BCUT2D eigenvalue weighted by Gasteiger charge is -2.00. The van der Waals surface area contributed by atoms with Crippen LogP contribution >= 0.6 is 0 Å². The predicted octanol–water partition coefficient (Wildman–Crippen LogP) is -1.68. The summed E-state index contributed by atoms with van der Waals surface area (Å²) in [5.74, 6) is 0. The van der Waals surface area contributed by atoms with Crippen molar-refractivity contribution in [2.45, 2.75) is 0 Å². The van der Waals surface area contributed by atoms with E-state index in [0.717, 1.165) is 13.2 Å². The molecule has 0 saturated carbocycles. The Morgan fingerprint density at radius 3 is 2.75 bits per heavy atom. The molecule has 0 aliphatic rings. The number of rotatable bonds is 5. The first kappa shape index (κ1) is 7.88. The second kappa shape index (κ2) is 6.88. The van der Waals surface area contributed by atoms with Gasteiger partial charge in [0.2, 0.25) is 0 Å². The van der Waals surface area contributed by atoms with Crippen molar-refractivity contribution in [1.29, 1.82) is 0 Å². The van der Waals surface area contributed by atoms with Gasteiger partial charge in [-0.1, -0.05) is 0 Å². The van der Waals surface area contributed by atoms with Gasteiger partial charge in [0.1, 0.15) is 0 Å². The van der Waals surface area contributed by atoms with Crippen LogP contribution in [0.4, 0.5) is 0 Å². The van der Waals surface area contributed by atoms with Gasteiger partial charge in [0.25, 0.3) is 0 Å². The topological polar surface area (TPSA) is 51.9 Å². The fourth-order valence-electron chi connectivity index (χ4n) is 0.352. The number of hydrogen-bond acceptors (Lipinski definition) is 2. The third-order valence-corrected chi connectivity index (χ3v) is 0.729. The lowest BCUT2D eigenvalue weighted by molar-refractivity contribution is -0.597. The van der Waals surface area contributed by atoms with E-state index >= 15 is 0 Å². The molecule has 0 heterocycles. The van der Waals surface area contributed by atoms with Crippen molar-refractivity contribution in [2.75, 3.05) is 26.3 Å². The molecular weight excluding hydrogens is 104 g/mol. The molecule has 50 valence electrons. The molecule has 0 spiro atoms. The fourth-order valence-corrected chi connectivity index (χ4v) is 0.352. The summed E-state index contributed by atoms with van der Waals surface area (Å²) < 4.78 is 5.03. The van der Waals surface area contributed by atoms with Gasteiger partial charge < -0.3 is 15.8 Å². The van der Waals surface area contributed by atoms with Gasteiger partial charge in [-0.15, -0.1) is 0 Å². The normalized spacial score (nSPS) is 9.75. The molecule has 8 heavy (non-hydrogen) atoms. The van der Waals surface area contributed by atoms with Gasteiger partial charge in [0.15, 0.2) is 0 Å². The third kappa shape index (κ3) is 5.88. The van der Waals surface area contributed by atoms with Gasteiger partial charge in [-0.3, -0.25) is 0 Å². The molecule has 0 amide bonds. The third-order valence-electron chi connectivity index (χ3n) is 0.729. The molecule has 0 aromatic carbocycles. The lowest BCUT2D eigenvalue weighted by atomic mass is 10.7. The molecule has 0 radical (unpaired) electrons. The van der Waals surface area contributed by atoms with Crippen LogP contribution in [0.15, 0.2) is 0 Å². The van der Waals surface area contributed by atoms with Gasteiger partial charge in [0, 0.05) is 6.54 Å². The highest BCUT2D eigenvalue weighted by molar-refractivity contribution is 4.28. The molecular formula is C5H14N2O. The number of nitrogens with two attached hydrogens (primary N) is 2. The van der Waals surface area contributed by atoms with Crippen LogP contribution in [0.5, 0.6) is 0 Å². The Bertz CT molecular complexity index is 35.4. The maximum absolute atomic E-state index is 5.16. The first-order valence-electron chi connectivity index (χ1n) is 2.80. The Balaban J connectivity index is 2.53. The monoisotopic (exact) mass is 118 g/mol. The summed E-state index contributed by atoms with van der Waals surface area (Å²) in [5, 5.41) is 1.83.